The Morgan fingerprint density at radius 3 is 2.39 bits per heavy atom. The Morgan fingerprint density at radius 1 is 1.00 bits per heavy atom. The molecule has 0 unspecified atom stereocenters. The highest BCUT2D eigenvalue weighted by Gasteiger charge is 2.31. The van der Waals surface area contributed by atoms with Gasteiger partial charge in [-0.15, -0.1) is 11.8 Å². The second kappa shape index (κ2) is 7.07. The number of nitrogens with one attached hydrogen (secondary N) is 1. The van der Waals surface area contributed by atoms with Gasteiger partial charge >= 0.3 is 0 Å². The predicted octanol–water partition coefficient (Wildman–Crippen LogP) is 3.99. The topological polar surface area (TPSA) is 46.2 Å². The zero-order valence-electron chi connectivity index (χ0n) is 13.1. The lowest BCUT2D eigenvalue weighted by Crippen LogP contribution is -2.38. The zero-order valence-corrected chi connectivity index (χ0v) is 14.7. The van der Waals surface area contributed by atoms with E-state index in [1.165, 1.54) is 4.90 Å². The Bertz CT molecular complexity index is 742. The predicted molar refractivity (Wildman–Crippen MR) is 95.2 cm³/mol. The van der Waals surface area contributed by atoms with E-state index in [4.69, 9.17) is 0 Å². The largest absolute Gasteiger partial charge is 0.240 e. The molecule has 0 aliphatic heterocycles. The number of benzene rings is 2. The molecule has 0 saturated heterocycles. The van der Waals surface area contributed by atoms with Crippen LogP contribution in [0.5, 0.6) is 0 Å². The van der Waals surface area contributed by atoms with Crippen molar-refractivity contribution in [3.05, 3.63) is 60.2 Å². The highest BCUT2D eigenvalue weighted by molar-refractivity contribution is 8.00. The van der Waals surface area contributed by atoms with Crippen LogP contribution in [0.3, 0.4) is 0 Å². The van der Waals surface area contributed by atoms with E-state index >= 15 is 0 Å². The Hall–Kier alpha value is -1.30. The van der Waals surface area contributed by atoms with Gasteiger partial charge in [0, 0.05) is 16.2 Å². The van der Waals surface area contributed by atoms with E-state index in [0.29, 0.717) is 4.90 Å². The molecule has 2 atom stereocenters. The fourth-order valence-electron chi connectivity index (χ4n) is 2.86. The molecule has 1 saturated carbocycles. The minimum atomic E-state index is -3.45. The number of hydrogen-bond donors (Lipinski definition) is 1. The van der Waals surface area contributed by atoms with E-state index in [-0.39, 0.29) is 11.3 Å². The van der Waals surface area contributed by atoms with Gasteiger partial charge in [0.2, 0.25) is 10.0 Å². The molecule has 0 bridgehead atoms. The van der Waals surface area contributed by atoms with Crippen LogP contribution in [-0.2, 0) is 10.0 Å². The van der Waals surface area contributed by atoms with Gasteiger partial charge in [-0.2, -0.15) is 0 Å². The van der Waals surface area contributed by atoms with E-state index in [1.807, 2.05) is 37.3 Å². The molecule has 3 nitrogen and oxygen atoms in total. The summed E-state index contributed by atoms with van der Waals surface area (Å²) in [7, 11) is -3.45. The van der Waals surface area contributed by atoms with Crippen LogP contribution in [0.2, 0.25) is 0 Å². The molecule has 1 fully saturated rings. The highest BCUT2D eigenvalue weighted by Crippen LogP contribution is 2.35. The summed E-state index contributed by atoms with van der Waals surface area (Å²) < 4.78 is 28.1. The van der Waals surface area contributed by atoms with Crippen molar-refractivity contribution < 1.29 is 8.42 Å². The molecule has 1 aliphatic rings. The average Bonchev–Trinajstić information content (AvgIpc) is 2.95. The van der Waals surface area contributed by atoms with Crippen LogP contribution in [0, 0.1) is 6.92 Å². The first-order chi connectivity index (χ1) is 11.0. The van der Waals surface area contributed by atoms with E-state index in [1.54, 1.807) is 23.9 Å². The van der Waals surface area contributed by atoms with Gasteiger partial charge in [0.1, 0.15) is 0 Å². The molecule has 2 aromatic carbocycles. The summed E-state index contributed by atoms with van der Waals surface area (Å²) in [5.74, 6) is 0. The van der Waals surface area contributed by atoms with Crippen molar-refractivity contribution >= 4 is 21.8 Å². The lowest BCUT2D eigenvalue weighted by molar-refractivity contribution is 0.555. The molecule has 1 N–H and O–H groups in total. The molecular formula is C18H21NO2S2. The first-order valence-corrected chi connectivity index (χ1v) is 10.2. The quantitative estimate of drug-likeness (QED) is 0.890. The minimum Gasteiger partial charge on any atom is -0.207 e. The molecular weight excluding hydrogens is 326 g/mol. The van der Waals surface area contributed by atoms with Gasteiger partial charge in [-0.3, -0.25) is 0 Å². The number of thioether (sulfide) groups is 1. The van der Waals surface area contributed by atoms with Crippen molar-refractivity contribution in [3.8, 4) is 0 Å². The number of sulfonamides is 1. The third-order valence-electron chi connectivity index (χ3n) is 4.12. The van der Waals surface area contributed by atoms with Crippen molar-refractivity contribution in [2.24, 2.45) is 0 Å². The summed E-state index contributed by atoms with van der Waals surface area (Å²) in [5, 5.41) is 0.289. The first-order valence-electron chi connectivity index (χ1n) is 7.85. The van der Waals surface area contributed by atoms with E-state index in [2.05, 4.69) is 16.9 Å². The second-order valence-corrected chi connectivity index (χ2v) is 8.97. The van der Waals surface area contributed by atoms with Gasteiger partial charge in [0.05, 0.1) is 4.90 Å². The SMILES string of the molecule is Cc1ccc(S(=O)(=O)N[C@@H]2CCC[C@H]2Sc2ccccc2)cc1. The molecule has 2 aromatic rings. The smallest absolute Gasteiger partial charge is 0.207 e. The highest BCUT2D eigenvalue weighted by atomic mass is 32.2. The van der Waals surface area contributed by atoms with Gasteiger partial charge in [-0.25, -0.2) is 13.1 Å². The maximum atomic E-state index is 12.6. The number of aryl methyl sites for hydroxylation is 1. The lowest BCUT2D eigenvalue weighted by atomic mass is 10.2. The third-order valence-corrected chi connectivity index (χ3v) is 7.04. The van der Waals surface area contributed by atoms with Crippen LogP contribution in [-0.4, -0.2) is 19.7 Å². The molecule has 1 aliphatic carbocycles. The molecule has 0 radical (unpaired) electrons. The van der Waals surface area contributed by atoms with Crippen LogP contribution in [0.15, 0.2) is 64.4 Å². The Morgan fingerprint density at radius 2 is 1.70 bits per heavy atom. The summed E-state index contributed by atoms with van der Waals surface area (Å²) in [5.41, 5.74) is 1.06. The van der Waals surface area contributed by atoms with Crippen molar-refractivity contribution in [1.29, 1.82) is 0 Å². The summed E-state index contributed by atoms with van der Waals surface area (Å²) in [6.45, 7) is 1.95. The van der Waals surface area contributed by atoms with Crippen molar-refractivity contribution in [2.75, 3.05) is 0 Å². The van der Waals surface area contributed by atoms with Crippen LogP contribution >= 0.6 is 11.8 Å². The van der Waals surface area contributed by atoms with Crippen molar-refractivity contribution in [3.63, 3.8) is 0 Å². The van der Waals surface area contributed by atoms with E-state index in [9.17, 15) is 8.42 Å². The monoisotopic (exact) mass is 347 g/mol. The number of rotatable bonds is 5. The fraction of sp³-hybridized carbons (Fsp3) is 0.333. The molecule has 3 rings (SSSR count). The van der Waals surface area contributed by atoms with Gasteiger partial charge in [0.25, 0.3) is 0 Å². The Kier molecular flexibility index (Phi) is 5.09. The van der Waals surface area contributed by atoms with E-state index < -0.39 is 10.0 Å². The third kappa shape index (κ3) is 4.16. The molecule has 5 heteroatoms. The zero-order chi connectivity index (χ0) is 16.3. The molecule has 0 spiro atoms. The summed E-state index contributed by atoms with van der Waals surface area (Å²) in [4.78, 5) is 1.54. The molecule has 0 amide bonds. The van der Waals surface area contributed by atoms with Gasteiger partial charge < -0.3 is 0 Å². The van der Waals surface area contributed by atoms with Gasteiger partial charge in [0.15, 0.2) is 0 Å². The molecule has 23 heavy (non-hydrogen) atoms. The summed E-state index contributed by atoms with van der Waals surface area (Å²) >= 11 is 1.77. The maximum Gasteiger partial charge on any atom is 0.240 e. The normalized spacial score (nSPS) is 21.4. The van der Waals surface area contributed by atoms with Crippen LogP contribution in [0.1, 0.15) is 24.8 Å². The average molecular weight is 348 g/mol. The minimum absolute atomic E-state index is 0.00786. The standard InChI is InChI=1S/C18H21NO2S2/c1-14-10-12-16(13-11-14)23(20,21)19-17-8-5-9-18(17)22-15-6-3-2-4-7-15/h2-4,6-7,10-13,17-19H,5,8-9H2,1H3/t17-,18-/m1/s1. The Balaban J connectivity index is 1.72. The van der Waals surface area contributed by atoms with Crippen LogP contribution in [0.25, 0.3) is 0 Å². The number of hydrogen-bond acceptors (Lipinski definition) is 3. The molecule has 122 valence electrons. The first kappa shape index (κ1) is 16.6. The Labute approximate surface area is 142 Å². The maximum absolute atomic E-state index is 12.6. The van der Waals surface area contributed by atoms with E-state index in [0.717, 1.165) is 24.8 Å². The summed E-state index contributed by atoms with van der Waals surface area (Å²) in [6.07, 6.45) is 3.00. The van der Waals surface area contributed by atoms with Crippen molar-refractivity contribution in [1.82, 2.24) is 4.72 Å². The van der Waals surface area contributed by atoms with Gasteiger partial charge in [-0.1, -0.05) is 42.3 Å². The fourth-order valence-corrected chi connectivity index (χ4v) is 5.57. The second-order valence-electron chi connectivity index (χ2n) is 5.94. The van der Waals surface area contributed by atoms with Gasteiger partial charge in [-0.05, 0) is 44.0 Å². The lowest BCUT2D eigenvalue weighted by Gasteiger charge is -2.20. The summed E-state index contributed by atoms with van der Waals surface area (Å²) in [6, 6.07) is 17.2. The molecule has 0 aromatic heterocycles. The molecule has 0 heterocycles. The van der Waals surface area contributed by atoms with Crippen LogP contribution < -0.4 is 4.72 Å². The van der Waals surface area contributed by atoms with Crippen molar-refractivity contribution in [2.45, 2.75) is 47.3 Å². The van der Waals surface area contributed by atoms with Crippen LogP contribution in [0.4, 0.5) is 0 Å².